The predicted molar refractivity (Wildman–Crippen MR) is 54.3 cm³/mol. The quantitative estimate of drug-likeness (QED) is 0.510. The highest BCUT2D eigenvalue weighted by Gasteiger charge is 2.04. The fourth-order valence-corrected chi connectivity index (χ4v) is 1.58. The Balaban J connectivity index is 2.52. The zero-order chi connectivity index (χ0) is 9.97. The molecule has 0 saturated heterocycles. The number of fused-ring (bicyclic) bond motifs is 1. The van der Waals surface area contributed by atoms with Crippen LogP contribution in [0.2, 0.25) is 0 Å². The SMILES string of the molecule is NCCc1c[nH]c2ccc(OO)cc12. The van der Waals surface area contributed by atoms with Crippen LogP contribution in [0.15, 0.2) is 24.4 Å². The average Bonchev–Trinajstić information content (AvgIpc) is 2.61. The Morgan fingerprint density at radius 2 is 2.29 bits per heavy atom. The van der Waals surface area contributed by atoms with Crippen molar-refractivity contribution in [3.8, 4) is 5.75 Å². The molecule has 0 spiro atoms. The van der Waals surface area contributed by atoms with E-state index in [0.717, 1.165) is 22.9 Å². The number of aromatic nitrogens is 1. The van der Waals surface area contributed by atoms with Crippen molar-refractivity contribution in [2.45, 2.75) is 6.42 Å². The summed E-state index contributed by atoms with van der Waals surface area (Å²) < 4.78 is 0. The molecule has 74 valence electrons. The summed E-state index contributed by atoms with van der Waals surface area (Å²) in [6, 6.07) is 5.35. The van der Waals surface area contributed by atoms with E-state index in [-0.39, 0.29) is 0 Å². The predicted octanol–water partition coefficient (Wildman–Crippen LogP) is 1.52. The molecule has 0 atom stereocenters. The molecule has 0 amide bonds. The summed E-state index contributed by atoms with van der Waals surface area (Å²) in [6.45, 7) is 0.608. The van der Waals surface area contributed by atoms with Gasteiger partial charge >= 0.3 is 0 Å². The van der Waals surface area contributed by atoms with Crippen LogP contribution in [0.3, 0.4) is 0 Å². The van der Waals surface area contributed by atoms with Gasteiger partial charge in [-0.25, -0.2) is 5.26 Å². The standard InChI is InChI=1S/C10H12N2O2/c11-4-3-7-6-12-10-2-1-8(14-13)5-9(7)10/h1-2,5-6,12-13H,3-4,11H2. The first-order valence-corrected chi connectivity index (χ1v) is 4.46. The van der Waals surface area contributed by atoms with Crippen LogP contribution in [0.4, 0.5) is 0 Å². The first-order valence-electron chi connectivity index (χ1n) is 4.46. The van der Waals surface area contributed by atoms with Crippen molar-refractivity contribution in [3.05, 3.63) is 30.0 Å². The van der Waals surface area contributed by atoms with Gasteiger partial charge in [-0.3, -0.25) is 0 Å². The van der Waals surface area contributed by atoms with Crippen LogP contribution >= 0.6 is 0 Å². The molecule has 0 radical (unpaired) electrons. The summed E-state index contributed by atoms with van der Waals surface area (Å²) >= 11 is 0. The third kappa shape index (κ3) is 1.45. The number of nitrogens with one attached hydrogen (secondary N) is 1. The Morgan fingerprint density at radius 1 is 1.43 bits per heavy atom. The average molecular weight is 192 g/mol. The molecule has 1 heterocycles. The topological polar surface area (TPSA) is 71.3 Å². The highest BCUT2D eigenvalue weighted by Crippen LogP contribution is 2.23. The number of rotatable bonds is 3. The molecule has 0 unspecified atom stereocenters. The Hall–Kier alpha value is -1.52. The van der Waals surface area contributed by atoms with E-state index in [9.17, 15) is 0 Å². The van der Waals surface area contributed by atoms with Gasteiger partial charge in [-0.2, -0.15) is 0 Å². The lowest BCUT2D eigenvalue weighted by molar-refractivity contribution is -0.137. The molecule has 2 aromatic rings. The molecule has 4 nitrogen and oxygen atoms in total. The van der Waals surface area contributed by atoms with Crippen molar-refractivity contribution in [3.63, 3.8) is 0 Å². The summed E-state index contributed by atoms with van der Waals surface area (Å²) in [5, 5.41) is 9.56. The highest BCUT2D eigenvalue weighted by atomic mass is 17.1. The lowest BCUT2D eigenvalue weighted by Crippen LogP contribution is -2.01. The summed E-state index contributed by atoms with van der Waals surface area (Å²) in [5.74, 6) is 0.440. The molecule has 4 heteroatoms. The number of hydrogen-bond acceptors (Lipinski definition) is 3. The maximum atomic E-state index is 8.52. The Morgan fingerprint density at radius 3 is 3.00 bits per heavy atom. The largest absolute Gasteiger partial charge is 0.361 e. The minimum Gasteiger partial charge on any atom is -0.361 e. The molecule has 0 aliphatic heterocycles. The number of H-pyrrole nitrogens is 1. The van der Waals surface area contributed by atoms with E-state index in [1.807, 2.05) is 12.3 Å². The summed E-state index contributed by atoms with van der Waals surface area (Å²) in [4.78, 5) is 7.31. The Bertz CT molecular complexity index is 437. The monoisotopic (exact) mass is 192 g/mol. The van der Waals surface area contributed by atoms with Crippen LogP contribution in [0, 0.1) is 0 Å². The molecule has 0 aliphatic rings. The van der Waals surface area contributed by atoms with Gasteiger partial charge in [0.15, 0.2) is 5.75 Å². The summed E-state index contributed by atoms with van der Waals surface area (Å²) in [5.41, 5.74) is 7.65. The summed E-state index contributed by atoms with van der Waals surface area (Å²) in [6.07, 6.45) is 2.74. The second-order valence-electron chi connectivity index (χ2n) is 3.15. The second-order valence-corrected chi connectivity index (χ2v) is 3.15. The number of aromatic amines is 1. The van der Waals surface area contributed by atoms with Crippen LogP contribution in [0.1, 0.15) is 5.56 Å². The number of hydrogen-bond donors (Lipinski definition) is 3. The van der Waals surface area contributed by atoms with Crippen LogP contribution in [0.5, 0.6) is 5.75 Å². The van der Waals surface area contributed by atoms with Crippen molar-refractivity contribution in [2.24, 2.45) is 5.73 Å². The van der Waals surface area contributed by atoms with Gasteiger partial charge in [-0.15, -0.1) is 0 Å². The summed E-state index contributed by atoms with van der Waals surface area (Å²) in [7, 11) is 0. The van der Waals surface area contributed by atoms with Gasteiger partial charge < -0.3 is 15.6 Å². The molecule has 1 aromatic carbocycles. The van der Waals surface area contributed by atoms with Crippen LogP contribution in [-0.4, -0.2) is 16.8 Å². The van der Waals surface area contributed by atoms with E-state index >= 15 is 0 Å². The van der Waals surface area contributed by atoms with Crippen molar-refractivity contribution in [1.82, 2.24) is 4.98 Å². The van der Waals surface area contributed by atoms with E-state index in [2.05, 4.69) is 9.87 Å². The smallest absolute Gasteiger partial charge is 0.165 e. The molecule has 0 fully saturated rings. The molecular weight excluding hydrogens is 180 g/mol. The lowest BCUT2D eigenvalue weighted by Gasteiger charge is -1.98. The van der Waals surface area contributed by atoms with E-state index in [4.69, 9.17) is 11.0 Å². The molecular formula is C10H12N2O2. The van der Waals surface area contributed by atoms with Crippen LogP contribution in [0.25, 0.3) is 10.9 Å². The van der Waals surface area contributed by atoms with Gasteiger partial charge in [0.1, 0.15) is 0 Å². The fraction of sp³-hybridized carbons (Fsp3) is 0.200. The van der Waals surface area contributed by atoms with Crippen LogP contribution < -0.4 is 10.6 Å². The minimum atomic E-state index is 0.440. The molecule has 0 saturated carbocycles. The first kappa shape index (κ1) is 9.05. The number of benzene rings is 1. The maximum absolute atomic E-state index is 8.52. The second kappa shape index (κ2) is 3.69. The zero-order valence-electron chi connectivity index (χ0n) is 7.66. The van der Waals surface area contributed by atoms with Gasteiger partial charge in [-0.05, 0) is 36.7 Å². The minimum absolute atomic E-state index is 0.440. The highest BCUT2D eigenvalue weighted by molar-refractivity contribution is 5.84. The van der Waals surface area contributed by atoms with Crippen molar-refractivity contribution >= 4 is 10.9 Å². The third-order valence-corrected chi connectivity index (χ3v) is 2.26. The van der Waals surface area contributed by atoms with Gasteiger partial charge in [0.2, 0.25) is 0 Å². The van der Waals surface area contributed by atoms with Gasteiger partial charge in [0.05, 0.1) is 0 Å². The molecule has 0 bridgehead atoms. The Kier molecular flexibility index (Phi) is 2.39. The molecule has 1 aromatic heterocycles. The maximum Gasteiger partial charge on any atom is 0.165 e. The third-order valence-electron chi connectivity index (χ3n) is 2.26. The van der Waals surface area contributed by atoms with Crippen LogP contribution in [-0.2, 0) is 6.42 Å². The Labute approximate surface area is 81.2 Å². The van der Waals surface area contributed by atoms with E-state index < -0.39 is 0 Å². The lowest BCUT2D eigenvalue weighted by atomic mass is 10.1. The van der Waals surface area contributed by atoms with Crippen molar-refractivity contribution in [2.75, 3.05) is 6.54 Å². The molecule has 14 heavy (non-hydrogen) atoms. The first-order chi connectivity index (χ1) is 6.85. The van der Waals surface area contributed by atoms with E-state index in [1.54, 1.807) is 12.1 Å². The molecule has 4 N–H and O–H groups in total. The molecule has 0 aliphatic carbocycles. The van der Waals surface area contributed by atoms with Crippen molar-refractivity contribution in [1.29, 1.82) is 0 Å². The number of nitrogens with two attached hydrogens (primary N) is 1. The normalized spacial score (nSPS) is 10.7. The molecule has 2 rings (SSSR count). The fourth-order valence-electron chi connectivity index (χ4n) is 1.58. The zero-order valence-corrected chi connectivity index (χ0v) is 7.66. The van der Waals surface area contributed by atoms with Gasteiger partial charge in [-0.1, -0.05) is 0 Å². The van der Waals surface area contributed by atoms with Crippen molar-refractivity contribution < 1.29 is 10.1 Å². The van der Waals surface area contributed by atoms with Gasteiger partial charge in [0.25, 0.3) is 0 Å². The van der Waals surface area contributed by atoms with E-state index in [0.29, 0.717) is 12.3 Å². The van der Waals surface area contributed by atoms with E-state index in [1.165, 1.54) is 0 Å². The van der Waals surface area contributed by atoms with Gasteiger partial charge in [0, 0.05) is 17.1 Å².